The van der Waals surface area contributed by atoms with Gasteiger partial charge in [-0.3, -0.25) is 9.59 Å². The molecule has 1 aromatic carbocycles. The van der Waals surface area contributed by atoms with Gasteiger partial charge in [-0.1, -0.05) is 0 Å². The average molecular weight is 450 g/mol. The van der Waals surface area contributed by atoms with Crippen molar-refractivity contribution in [3.63, 3.8) is 0 Å². The van der Waals surface area contributed by atoms with Gasteiger partial charge >= 0.3 is 0 Å². The van der Waals surface area contributed by atoms with Crippen molar-refractivity contribution in [2.75, 3.05) is 30.4 Å². The molecule has 0 spiro atoms. The molecule has 28 heavy (non-hydrogen) atoms. The smallest absolute Gasteiger partial charge is 0.243 e. The van der Waals surface area contributed by atoms with Crippen molar-refractivity contribution in [3.05, 3.63) is 23.8 Å². The Morgan fingerprint density at radius 1 is 1.32 bits per heavy atom. The average Bonchev–Trinajstić information content (AvgIpc) is 2.85. The maximum Gasteiger partial charge on any atom is 0.243 e. The highest BCUT2D eigenvalue weighted by molar-refractivity contribution is 7.91. The van der Waals surface area contributed by atoms with Gasteiger partial charge in [0, 0.05) is 19.2 Å². The number of amides is 2. The van der Waals surface area contributed by atoms with Crippen molar-refractivity contribution in [3.8, 4) is 0 Å². The molecule has 154 valence electrons. The second kappa shape index (κ2) is 7.62. The lowest BCUT2D eigenvalue weighted by Crippen LogP contribution is -2.46. The zero-order valence-corrected chi connectivity index (χ0v) is 17.4. The molecule has 3 rings (SSSR count). The second-order valence-corrected chi connectivity index (χ2v) is 11.7. The van der Waals surface area contributed by atoms with Gasteiger partial charge < -0.3 is 10.6 Å². The number of fused-ring (bicyclic) bond motifs is 1. The number of hydrogen-bond acceptors (Lipinski definition) is 6. The molecule has 0 saturated carbocycles. The van der Waals surface area contributed by atoms with Crippen molar-refractivity contribution in [2.45, 2.75) is 29.2 Å². The third-order valence-electron chi connectivity index (χ3n) is 4.68. The summed E-state index contributed by atoms with van der Waals surface area (Å²) >= 11 is 5.95. The summed E-state index contributed by atoms with van der Waals surface area (Å²) in [5.41, 5.74) is 1.28. The van der Waals surface area contributed by atoms with Gasteiger partial charge in [-0.2, -0.15) is 4.31 Å². The zero-order valence-electron chi connectivity index (χ0n) is 15.0. The lowest BCUT2D eigenvalue weighted by Gasteiger charge is -2.21. The van der Waals surface area contributed by atoms with Gasteiger partial charge in [-0.05, 0) is 30.2 Å². The number of rotatable bonds is 5. The molecular formula is C16H20ClN3O6S2. The molecule has 2 aliphatic heterocycles. The summed E-state index contributed by atoms with van der Waals surface area (Å²) in [4.78, 5) is 23.6. The van der Waals surface area contributed by atoms with E-state index in [1.165, 1.54) is 25.2 Å². The van der Waals surface area contributed by atoms with E-state index in [0.29, 0.717) is 17.7 Å². The van der Waals surface area contributed by atoms with E-state index in [0.717, 1.165) is 4.31 Å². The largest absolute Gasteiger partial charge is 0.350 e. The van der Waals surface area contributed by atoms with Gasteiger partial charge in [0.1, 0.15) is 0 Å². The number of sulfone groups is 1. The fourth-order valence-electron chi connectivity index (χ4n) is 3.18. The minimum atomic E-state index is -3.94. The van der Waals surface area contributed by atoms with Crippen LogP contribution < -0.4 is 10.6 Å². The number of alkyl halides is 1. The van der Waals surface area contributed by atoms with Crippen LogP contribution in [-0.2, 0) is 35.9 Å². The number of halogens is 1. The highest BCUT2D eigenvalue weighted by Gasteiger charge is 2.37. The fourth-order valence-corrected chi connectivity index (χ4v) is 6.90. The molecule has 1 saturated heterocycles. The van der Waals surface area contributed by atoms with Crippen LogP contribution in [0.1, 0.15) is 12.0 Å². The number of carbonyl (C=O) groups is 2. The number of anilines is 1. The van der Waals surface area contributed by atoms with E-state index in [2.05, 4.69) is 10.6 Å². The van der Waals surface area contributed by atoms with E-state index in [-0.39, 0.29) is 28.7 Å². The minimum absolute atomic E-state index is 0.0105. The van der Waals surface area contributed by atoms with Gasteiger partial charge in [0.05, 0.1) is 34.4 Å². The predicted octanol–water partition coefficient (Wildman–Crippen LogP) is -0.288. The number of nitrogens with one attached hydrogen (secondary N) is 2. The number of carbonyl (C=O) groups excluding carboxylic acids is 2. The fraction of sp³-hybridized carbons (Fsp3) is 0.500. The SMILES string of the molecule is CN(CC(=O)NC1CS(=O)(=O)CC1Cl)S(=O)(=O)c1ccc2c(c1)CCC(=O)N2. The summed E-state index contributed by atoms with van der Waals surface area (Å²) in [5, 5.41) is 4.42. The first-order chi connectivity index (χ1) is 13.0. The van der Waals surface area contributed by atoms with Crippen LogP contribution in [-0.4, -0.2) is 69.5 Å². The maximum atomic E-state index is 12.8. The molecule has 2 aliphatic rings. The lowest BCUT2D eigenvalue weighted by molar-refractivity contribution is -0.121. The Bertz CT molecular complexity index is 1020. The summed E-state index contributed by atoms with van der Waals surface area (Å²) in [6, 6.07) is 3.63. The molecule has 1 aromatic rings. The number of sulfonamides is 1. The monoisotopic (exact) mass is 449 g/mol. The Morgan fingerprint density at radius 3 is 2.68 bits per heavy atom. The molecule has 2 heterocycles. The topological polar surface area (TPSA) is 130 Å². The van der Waals surface area contributed by atoms with Crippen LogP contribution in [0.25, 0.3) is 0 Å². The number of likely N-dealkylation sites (N-methyl/N-ethyl adjacent to an activating group) is 1. The van der Waals surface area contributed by atoms with Crippen molar-refractivity contribution in [1.82, 2.24) is 9.62 Å². The minimum Gasteiger partial charge on any atom is -0.350 e. The van der Waals surface area contributed by atoms with Gasteiger partial charge in [0.15, 0.2) is 9.84 Å². The third kappa shape index (κ3) is 4.48. The Morgan fingerprint density at radius 2 is 2.04 bits per heavy atom. The van der Waals surface area contributed by atoms with Crippen molar-refractivity contribution < 1.29 is 26.4 Å². The molecule has 0 bridgehead atoms. The van der Waals surface area contributed by atoms with Crippen LogP contribution in [0.4, 0.5) is 5.69 Å². The van der Waals surface area contributed by atoms with Crippen LogP contribution in [0.5, 0.6) is 0 Å². The number of nitrogens with zero attached hydrogens (tertiary/aromatic N) is 1. The molecule has 0 aliphatic carbocycles. The molecule has 9 nitrogen and oxygen atoms in total. The van der Waals surface area contributed by atoms with Crippen LogP contribution in [0.3, 0.4) is 0 Å². The van der Waals surface area contributed by atoms with Crippen LogP contribution in [0.15, 0.2) is 23.1 Å². The van der Waals surface area contributed by atoms with Crippen molar-refractivity contribution >= 4 is 49.0 Å². The summed E-state index contributed by atoms with van der Waals surface area (Å²) < 4.78 is 49.5. The molecule has 1 fully saturated rings. The highest BCUT2D eigenvalue weighted by Crippen LogP contribution is 2.26. The summed E-state index contributed by atoms with van der Waals surface area (Å²) in [6.45, 7) is -0.476. The highest BCUT2D eigenvalue weighted by atomic mass is 35.5. The van der Waals surface area contributed by atoms with Crippen LogP contribution in [0, 0.1) is 0 Å². The van der Waals surface area contributed by atoms with Gasteiger partial charge in [-0.15, -0.1) is 11.6 Å². The van der Waals surface area contributed by atoms with E-state index in [1.807, 2.05) is 0 Å². The summed E-state index contributed by atoms with van der Waals surface area (Å²) in [7, 11) is -5.99. The van der Waals surface area contributed by atoms with Crippen molar-refractivity contribution in [2.24, 2.45) is 0 Å². The van der Waals surface area contributed by atoms with Gasteiger partial charge in [0.2, 0.25) is 21.8 Å². The molecule has 0 radical (unpaired) electrons. The zero-order chi connectivity index (χ0) is 20.7. The molecule has 2 amide bonds. The third-order valence-corrected chi connectivity index (χ3v) is 8.85. The molecule has 2 atom stereocenters. The van der Waals surface area contributed by atoms with E-state index < -0.39 is 43.7 Å². The second-order valence-electron chi connectivity index (χ2n) is 6.90. The standard InChI is InChI=1S/C16H20ClN3O6S2/c1-20(7-16(22)19-14-9-27(23,24)8-12(14)17)28(25,26)11-3-4-13-10(6-11)2-5-15(21)18-13/h3-4,6,12,14H,2,5,7-9H2,1H3,(H,18,21)(H,19,22). The number of hydrogen-bond donors (Lipinski definition) is 2. The van der Waals surface area contributed by atoms with E-state index in [1.54, 1.807) is 0 Å². The van der Waals surface area contributed by atoms with E-state index in [9.17, 15) is 26.4 Å². The first-order valence-corrected chi connectivity index (χ1v) is 12.2. The Kier molecular flexibility index (Phi) is 5.72. The van der Waals surface area contributed by atoms with E-state index in [4.69, 9.17) is 11.6 Å². The Labute approximate surface area is 168 Å². The van der Waals surface area contributed by atoms with E-state index >= 15 is 0 Å². The van der Waals surface area contributed by atoms with Crippen LogP contribution >= 0.6 is 11.6 Å². The molecule has 12 heteroatoms. The Balaban J connectivity index is 1.68. The Hall–Kier alpha value is -1.69. The molecule has 2 N–H and O–H groups in total. The van der Waals surface area contributed by atoms with Gasteiger partial charge in [0.25, 0.3) is 0 Å². The predicted molar refractivity (Wildman–Crippen MR) is 103 cm³/mol. The summed E-state index contributed by atoms with van der Waals surface area (Å²) in [6.07, 6.45) is 0.709. The normalized spacial score (nSPS) is 23.9. The van der Waals surface area contributed by atoms with Crippen LogP contribution in [0.2, 0.25) is 0 Å². The number of aryl methyl sites for hydroxylation is 1. The molecule has 0 aromatic heterocycles. The first-order valence-electron chi connectivity index (χ1n) is 8.51. The van der Waals surface area contributed by atoms with Crippen molar-refractivity contribution in [1.29, 1.82) is 0 Å². The molecular weight excluding hydrogens is 430 g/mol. The first kappa shape index (κ1) is 21.0. The summed E-state index contributed by atoms with van der Waals surface area (Å²) in [5.74, 6) is -1.24. The molecule has 2 unspecified atom stereocenters. The maximum absolute atomic E-state index is 12.8. The number of benzene rings is 1. The lowest BCUT2D eigenvalue weighted by atomic mass is 10.0. The van der Waals surface area contributed by atoms with Gasteiger partial charge in [-0.25, -0.2) is 16.8 Å². The quantitative estimate of drug-likeness (QED) is 0.594.